The average molecular weight is 240 g/mol. The number of hydrogen-bond acceptors (Lipinski definition) is 3. The Morgan fingerprint density at radius 3 is 2.71 bits per heavy atom. The Bertz CT molecular complexity index is 234. The van der Waals surface area contributed by atoms with Gasteiger partial charge in [0.05, 0.1) is 6.10 Å². The van der Waals surface area contributed by atoms with E-state index in [1.807, 2.05) is 0 Å². The molecule has 0 aromatic carbocycles. The second kappa shape index (κ2) is 6.17. The van der Waals surface area contributed by atoms with Gasteiger partial charge in [0.1, 0.15) is 0 Å². The lowest BCUT2D eigenvalue weighted by molar-refractivity contribution is 0.0649. The van der Waals surface area contributed by atoms with Gasteiger partial charge in [-0.1, -0.05) is 12.8 Å². The van der Waals surface area contributed by atoms with Gasteiger partial charge in [-0.3, -0.25) is 0 Å². The normalized spacial score (nSPS) is 40.4. The molecule has 1 saturated carbocycles. The van der Waals surface area contributed by atoms with Crippen molar-refractivity contribution in [1.82, 2.24) is 10.2 Å². The number of nitrogens with one attached hydrogen (secondary N) is 1. The summed E-state index contributed by atoms with van der Waals surface area (Å²) in [4.78, 5) is 2.44. The molecule has 0 aromatic heterocycles. The van der Waals surface area contributed by atoms with E-state index in [0.29, 0.717) is 18.0 Å². The number of rotatable bonds is 3. The zero-order valence-electron chi connectivity index (χ0n) is 11.4. The highest BCUT2D eigenvalue weighted by atomic mass is 16.3. The number of aliphatic hydroxyl groups is 1. The van der Waals surface area contributed by atoms with Crippen molar-refractivity contribution in [2.24, 2.45) is 5.92 Å². The van der Waals surface area contributed by atoms with E-state index in [9.17, 15) is 5.11 Å². The molecule has 3 nitrogen and oxygen atoms in total. The van der Waals surface area contributed by atoms with Crippen LogP contribution in [-0.2, 0) is 0 Å². The van der Waals surface area contributed by atoms with Gasteiger partial charge in [0, 0.05) is 18.6 Å². The Morgan fingerprint density at radius 1 is 1.24 bits per heavy atom. The van der Waals surface area contributed by atoms with Gasteiger partial charge in [0.2, 0.25) is 0 Å². The molecule has 0 aromatic rings. The molecule has 1 aliphatic heterocycles. The Hall–Kier alpha value is -0.120. The van der Waals surface area contributed by atoms with Gasteiger partial charge in [-0.05, 0) is 52.1 Å². The molecule has 2 fully saturated rings. The van der Waals surface area contributed by atoms with E-state index in [2.05, 4.69) is 24.2 Å². The fraction of sp³-hybridized carbons (Fsp3) is 1.00. The Labute approximate surface area is 106 Å². The Kier molecular flexibility index (Phi) is 4.83. The standard InChI is InChI=1S/C14H28N2O/c1-11-9-13(7-8-16(11)2)15-10-12-5-3-4-6-14(12)17/h11-15,17H,3-10H2,1-2H3. The van der Waals surface area contributed by atoms with Crippen LogP contribution in [0.1, 0.15) is 45.4 Å². The smallest absolute Gasteiger partial charge is 0.0580 e. The molecule has 100 valence electrons. The second-order valence-corrected chi connectivity index (χ2v) is 6.07. The van der Waals surface area contributed by atoms with Crippen LogP contribution in [0.2, 0.25) is 0 Å². The third kappa shape index (κ3) is 3.67. The zero-order valence-corrected chi connectivity index (χ0v) is 11.4. The third-order valence-electron chi connectivity index (χ3n) is 4.75. The highest BCUT2D eigenvalue weighted by Gasteiger charge is 2.26. The van der Waals surface area contributed by atoms with Gasteiger partial charge in [-0.15, -0.1) is 0 Å². The first-order valence-electron chi connectivity index (χ1n) is 7.28. The highest BCUT2D eigenvalue weighted by Crippen LogP contribution is 2.24. The van der Waals surface area contributed by atoms with Crippen LogP contribution in [0.25, 0.3) is 0 Å². The van der Waals surface area contributed by atoms with Crippen LogP contribution >= 0.6 is 0 Å². The molecule has 0 bridgehead atoms. The van der Waals surface area contributed by atoms with Crippen molar-refractivity contribution in [2.75, 3.05) is 20.1 Å². The van der Waals surface area contributed by atoms with Crippen molar-refractivity contribution < 1.29 is 5.11 Å². The molecule has 0 amide bonds. The van der Waals surface area contributed by atoms with E-state index in [0.717, 1.165) is 13.0 Å². The van der Waals surface area contributed by atoms with Crippen LogP contribution in [0.15, 0.2) is 0 Å². The van der Waals surface area contributed by atoms with Crippen molar-refractivity contribution in [3.05, 3.63) is 0 Å². The summed E-state index contributed by atoms with van der Waals surface area (Å²) >= 11 is 0. The molecule has 1 aliphatic carbocycles. The zero-order chi connectivity index (χ0) is 12.3. The molecule has 1 heterocycles. The van der Waals surface area contributed by atoms with Crippen LogP contribution in [0, 0.1) is 5.92 Å². The lowest BCUT2D eigenvalue weighted by Gasteiger charge is -2.37. The second-order valence-electron chi connectivity index (χ2n) is 6.07. The summed E-state index contributed by atoms with van der Waals surface area (Å²) in [7, 11) is 2.21. The maximum Gasteiger partial charge on any atom is 0.0580 e. The molecule has 0 spiro atoms. The molecule has 4 unspecified atom stereocenters. The van der Waals surface area contributed by atoms with Gasteiger partial charge in [-0.25, -0.2) is 0 Å². The molecular formula is C14H28N2O. The van der Waals surface area contributed by atoms with E-state index in [-0.39, 0.29) is 6.10 Å². The summed E-state index contributed by atoms with van der Waals surface area (Å²) < 4.78 is 0. The van der Waals surface area contributed by atoms with Gasteiger partial charge >= 0.3 is 0 Å². The van der Waals surface area contributed by atoms with Gasteiger partial charge in [0.25, 0.3) is 0 Å². The monoisotopic (exact) mass is 240 g/mol. The number of hydrogen-bond donors (Lipinski definition) is 2. The predicted octanol–water partition coefficient (Wildman–Crippen LogP) is 1.61. The Morgan fingerprint density at radius 2 is 2.00 bits per heavy atom. The van der Waals surface area contributed by atoms with E-state index in [1.165, 1.54) is 38.6 Å². The summed E-state index contributed by atoms with van der Waals surface area (Å²) in [6.07, 6.45) is 7.17. The number of piperidine rings is 1. The van der Waals surface area contributed by atoms with Crippen molar-refractivity contribution in [3.8, 4) is 0 Å². The van der Waals surface area contributed by atoms with Crippen LogP contribution in [0.5, 0.6) is 0 Å². The molecule has 2 aliphatic rings. The van der Waals surface area contributed by atoms with Crippen LogP contribution in [-0.4, -0.2) is 48.3 Å². The van der Waals surface area contributed by atoms with Crippen molar-refractivity contribution in [1.29, 1.82) is 0 Å². The molecule has 4 atom stereocenters. The highest BCUT2D eigenvalue weighted by molar-refractivity contribution is 4.83. The maximum atomic E-state index is 9.94. The Balaban J connectivity index is 1.71. The minimum Gasteiger partial charge on any atom is -0.393 e. The lowest BCUT2D eigenvalue weighted by Crippen LogP contribution is -2.47. The van der Waals surface area contributed by atoms with Gasteiger partial charge < -0.3 is 15.3 Å². The maximum absolute atomic E-state index is 9.94. The minimum atomic E-state index is -0.0556. The number of nitrogens with zero attached hydrogens (tertiary/aromatic N) is 1. The van der Waals surface area contributed by atoms with Crippen molar-refractivity contribution in [2.45, 2.75) is 63.6 Å². The largest absolute Gasteiger partial charge is 0.393 e. The molecule has 2 rings (SSSR count). The first kappa shape index (κ1) is 13.3. The fourth-order valence-electron chi connectivity index (χ4n) is 3.22. The number of likely N-dealkylation sites (tertiary alicyclic amines) is 1. The number of aliphatic hydroxyl groups excluding tert-OH is 1. The summed E-state index contributed by atoms with van der Waals surface area (Å²) in [5.74, 6) is 0.499. The van der Waals surface area contributed by atoms with E-state index < -0.39 is 0 Å². The SMILES string of the molecule is CC1CC(NCC2CCCCC2O)CCN1C. The summed E-state index contributed by atoms with van der Waals surface area (Å²) in [5.41, 5.74) is 0. The molecule has 2 N–H and O–H groups in total. The van der Waals surface area contributed by atoms with Crippen LogP contribution < -0.4 is 5.32 Å². The van der Waals surface area contributed by atoms with Crippen LogP contribution in [0.3, 0.4) is 0 Å². The van der Waals surface area contributed by atoms with Crippen LogP contribution in [0.4, 0.5) is 0 Å². The molecular weight excluding hydrogens is 212 g/mol. The fourth-order valence-corrected chi connectivity index (χ4v) is 3.22. The summed E-state index contributed by atoms with van der Waals surface area (Å²) in [5, 5.41) is 13.6. The molecule has 17 heavy (non-hydrogen) atoms. The molecule has 1 saturated heterocycles. The average Bonchev–Trinajstić information content (AvgIpc) is 2.32. The summed E-state index contributed by atoms with van der Waals surface area (Å²) in [6, 6.07) is 1.35. The van der Waals surface area contributed by atoms with Gasteiger partial charge in [-0.2, -0.15) is 0 Å². The quantitative estimate of drug-likeness (QED) is 0.787. The lowest BCUT2D eigenvalue weighted by atomic mass is 9.86. The summed E-state index contributed by atoms with van der Waals surface area (Å²) in [6.45, 7) is 4.53. The third-order valence-corrected chi connectivity index (χ3v) is 4.75. The van der Waals surface area contributed by atoms with Crippen molar-refractivity contribution >= 4 is 0 Å². The first-order chi connectivity index (χ1) is 8.16. The first-order valence-corrected chi connectivity index (χ1v) is 7.28. The minimum absolute atomic E-state index is 0.0556. The van der Waals surface area contributed by atoms with Crippen molar-refractivity contribution in [3.63, 3.8) is 0 Å². The topological polar surface area (TPSA) is 35.5 Å². The predicted molar refractivity (Wildman–Crippen MR) is 71.1 cm³/mol. The van der Waals surface area contributed by atoms with E-state index in [4.69, 9.17) is 0 Å². The van der Waals surface area contributed by atoms with E-state index >= 15 is 0 Å². The van der Waals surface area contributed by atoms with E-state index in [1.54, 1.807) is 0 Å². The molecule has 0 radical (unpaired) electrons. The van der Waals surface area contributed by atoms with Gasteiger partial charge in [0.15, 0.2) is 0 Å². The molecule has 3 heteroatoms.